The number of nitrogens with zero attached hydrogens (tertiary/aromatic N) is 5. The van der Waals surface area contributed by atoms with E-state index in [9.17, 15) is 4.39 Å². The first-order valence-corrected chi connectivity index (χ1v) is 9.11. The van der Waals surface area contributed by atoms with E-state index < -0.39 is 0 Å². The number of fused-ring (bicyclic) bond motifs is 2. The van der Waals surface area contributed by atoms with Crippen molar-refractivity contribution in [3.8, 4) is 11.3 Å². The third kappa shape index (κ3) is 3.14. The second-order valence-electron chi connectivity index (χ2n) is 6.66. The lowest BCUT2D eigenvalue weighted by Gasteiger charge is -2.18. The van der Waals surface area contributed by atoms with Gasteiger partial charge in [0.05, 0.1) is 29.3 Å². The molecule has 0 radical (unpaired) electrons. The van der Waals surface area contributed by atoms with Crippen LogP contribution in [0.2, 0.25) is 0 Å². The van der Waals surface area contributed by atoms with Gasteiger partial charge in [-0.3, -0.25) is 4.98 Å². The number of nitrogens with one attached hydrogen (secondary N) is 2. The summed E-state index contributed by atoms with van der Waals surface area (Å²) >= 11 is 0. The SMILES string of the molecule is C[C@H](Nc1ncnc2[nH]cnc12)c1nc2ccc(F)cc2cc1-c1ccccn1. The second kappa shape index (κ2) is 6.90. The number of hydrogen-bond acceptors (Lipinski definition) is 6. The fourth-order valence-corrected chi connectivity index (χ4v) is 3.36. The predicted molar refractivity (Wildman–Crippen MR) is 109 cm³/mol. The van der Waals surface area contributed by atoms with Crippen LogP contribution in [0.4, 0.5) is 10.2 Å². The Kier molecular flexibility index (Phi) is 4.09. The van der Waals surface area contributed by atoms with E-state index in [1.807, 2.05) is 31.2 Å². The van der Waals surface area contributed by atoms with Gasteiger partial charge in [-0.25, -0.2) is 24.3 Å². The summed E-state index contributed by atoms with van der Waals surface area (Å²) in [7, 11) is 0. The maximum Gasteiger partial charge on any atom is 0.162 e. The van der Waals surface area contributed by atoms with Crippen LogP contribution in [-0.2, 0) is 0 Å². The van der Waals surface area contributed by atoms with Crippen molar-refractivity contribution in [1.82, 2.24) is 29.9 Å². The van der Waals surface area contributed by atoms with E-state index in [4.69, 9.17) is 4.98 Å². The van der Waals surface area contributed by atoms with Gasteiger partial charge in [-0.2, -0.15) is 0 Å². The number of H-pyrrole nitrogens is 1. The van der Waals surface area contributed by atoms with Gasteiger partial charge in [0.15, 0.2) is 11.5 Å². The minimum atomic E-state index is -0.299. The first-order chi connectivity index (χ1) is 14.2. The number of benzene rings is 1. The highest BCUT2D eigenvalue weighted by molar-refractivity contribution is 5.85. The van der Waals surface area contributed by atoms with Crippen molar-refractivity contribution in [2.24, 2.45) is 0 Å². The molecule has 0 saturated heterocycles. The Bertz CT molecular complexity index is 1320. The smallest absolute Gasteiger partial charge is 0.162 e. The van der Waals surface area contributed by atoms with Gasteiger partial charge in [-0.15, -0.1) is 0 Å². The molecule has 0 amide bonds. The zero-order chi connectivity index (χ0) is 19.8. The summed E-state index contributed by atoms with van der Waals surface area (Å²) in [4.78, 5) is 25.0. The van der Waals surface area contributed by atoms with E-state index >= 15 is 0 Å². The Hall–Kier alpha value is -3.94. The van der Waals surface area contributed by atoms with Crippen molar-refractivity contribution in [2.45, 2.75) is 13.0 Å². The van der Waals surface area contributed by atoms with Crippen molar-refractivity contribution in [3.63, 3.8) is 0 Å². The van der Waals surface area contributed by atoms with Gasteiger partial charge in [0.2, 0.25) is 0 Å². The Morgan fingerprint density at radius 1 is 1.03 bits per heavy atom. The van der Waals surface area contributed by atoms with Crippen LogP contribution in [0.5, 0.6) is 0 Å². The van der Waals surface area contributed by atoms with Crippen LogP contribution in [0, 0.1) is 5.82 Å². The monoisotopic (exact) mass is 385 g/mol. The molecule has 0 fully saturated rings. The van der Waals surface area contributed by atoms with Crippen molar-refractivity contribution < 1.29 is 4.39 Å². The minimum Gasteiger partial charge on any atom is -0.360 e. The molecule has 5 aromatic rings. The maximum absolute atomic E-state index is 13.8. The van der Waals surface area contributed by atoms with Crippen LogP contribution >= 0.6 is 0 Å². The lowest BCUT2D eigenvalue weighted by Crippen LogP contribution is -2.12. The highest BCUT2D eigenvalue weighted by Crippen LogP contribution is 2.31. The summed E-state index contributed by atoms with van der Waals surface area (Å²) in [6, 6.07) is 12.0. The third-order valence-corrected chi connectivity index (χ3v) is 4.73. The van der Waals surface area contributed by atoms with Crippen LogP contribution in [0.25, 0.3) is 33.3 Å². The molecule has 29 heavy (non-hydrogen) atoms. The number of rotatable bonds is 4. The van der Waals surface area contributed by atoms with Crippen LogP contribution in [0.1, 0.15) is 18.7 Å². The molecule has 142 valence electrons. The molecule has 0 bridgehead atoms. The molecule has 1 aromatic carbocycles. The molecule has 2 N–H and O–H groups in total. The van der Waals surface area contributed by atoms with E-state index in [1.54, 1.807) is 18.6 Å². The number of hydrogen-bond donors (Lipinski definition) is 2. The number of aromatic amines is 1. The summed E-state index contributed by atoms with van der Waals surface area (Å²) in [5.41, 5.74) is 4.40. The molecule has 8 heteroatoms. The van der Waals surface area contributed by atoms with Gasteiger partial charge in [0.25, 0.3) is 0 Å². The summed E-state index contributed by atoms with van der Waals surface area (Å²) < 4.78 is 13.8. The number of aromatic nitrogens is 6. The minimum absolute atomic E-state index is 0.212. The highest BCUT2D eigenvalue weighted by atomic mass is 19.1. The second-order valence-corrected chi connectivity index (χ2v) is 6.66. The number of pyridine rings is 2. The molecular formula is C21H16FN7. The molecule has 0 aliphatic rings. The fraction of sp³-hybridized carbons (Fsp3) is 0.0952. The Morgan fingerprint density at radius 3 is 2.83 bits per heavy atom. The Balaban J connectivity index is 1.64. The van der Waals surface area contributed by atoms with Crippen LogP contribution in [0.3, 0.4) is 0 Å². The summed E-state index contributed by atoms with van der Waals surface area (Å²) in [6.07, 6.45) is 4.79. The Morgan fingerprint density at radius 2 is 1.97 bits per heavy atom. The topological polar surface area (TPSA) is 92.3 Å². The number of anilines is 1. The normalized spacial score (nSPS) is 12.3. The first kappa shape index (κ1) is 17.2. The third-order valence-electron chi connectivity index (χ3n) is 4.73. The number of imidazole rings is 1. The zero-order valence-electron chi connectivity index (χ0n) is 15.5. The molecule has 1 atom stereocenters. The molecule has 0 saturated carbocycles. The molecule has 5 rings (SSSR count). The number of halogens is 1. The van der Waals surface area contributed by atoms with E-state index in [1.165, 1.54) is 18.5 Å². The maximum atomic E-state index is 13.8. The summed E-state index contributed by atoms with van der Waals surface area (Å²) in [5.74, 6) is 0.309. The van der Waals surface area contributed by atoms with Gasteiger partial charge in [-0.05, 0) is 43.3 Å². The lowest BCUT2D eigenvalue weighted by molar-refractivity contribution is 0.629. The summed E-state index contributed by atoms with van der Waals surface area (Å²) in [6.45, 7) is 1.99. The molecule has 7 nitrogen and oxygen atoms in total. The van der Waals surface area contributed by atoms with E-state index in [2.05, 4.69) is 30.2 Å². The molecule has 0 aliphatic heterocycles. The molecule has 4 heterocycles. The molecule has 0 unspecified atom stereocenters. The average molecular weight is 385 g/mol. The van der Waals surface area contributed by atoms with Crippen molar-refractivity contribution in [1.29, 1.82) is 0 Å². The van der Waals surface area contributed by atoms with Crippen LogP contribution in [0.15, 0.2) is 61.3 Å². The largest absolute Gasteiger partial charge is 0.360 e. The lowest BCUT2D eigenvalue weighted by atomic mass is 10.0. The molecular weight excluding hydrogens is 369 g/mol. The fourth-order valence-electron chi connectivity index (χ4n) is 3.36. The molecule has 0 aliphatic carbocycles. The van der Waals surface area contributed by atoms with Gasteiger partial charge in [0.1, 0.15) is 17.7 Å². The molecule has 0 spiro atoms. The van der Waals surface area contributed by atoms with Crippen LogP contribution < -0.4 is 5.32 Å². The van der Waals surface area contributed by atoms with Gasteiger partial charge in [0, 0.05) is 17.1 Å². The van der Waals surface area contributed by atoms with Gasteiger partial charge < -0.3 is 10.3 Å². The zero-order valence-corrected chi connectivity index (χ0v) is 15.5. The summed E-state index contributed by atoms with van der Waals surface area (Å²) in [5, 5.41) is 4.10. The molecule has 4 aromatic heterocycles. The highest BCUT2D eigenvalue weighted by Gasteiger charge is 2.18. The standard InChI is InChI=1S/C21H16FN7/c1-12(28-21-19-20(25-10-24-19)26-11-27-21)18-15(17-4-2-3-7-23-17)9-13-8-14(22)5-6-16(13)29-18/h2-12H,1H3,(H2,24,25,26,27,28)/t12-/m0/s1. The van der Waals surface area contributed by atoms with Crippen molar-refractivity contribution >= 4 is 27.9 Å². The van der Waals surface area contributed by atoms with E-state index in [-0.39, 0.29) is 11.9 Å². The quantitative estimate of drug-likeness (QED) is 0.480. The first-order valence-electron chi connectivity index (χ1n) is 9.11. The van der Waals surface area contributed by atoms with Crippen LogP contribution in [-0.4, -0.2) is 29.9 Å². The predicted octanol–water partition coefficient (Wildman–Crippen LogP) is 4.28. The van der Waals surface area contributed by atoms with Crippen molar-refractivity contribution in [3.05, 3.63) is 72.8 Å². The van der Waals surface area contributed by atoms with Crippen molar-refractivity contribution in [2.75, 3.05) is 5.32 Å². The van der Waals surface area contributed by atoms with E-state index in [0.717, 1.165) is 22.3 Å². The van der Waals surface area contributed by atoms with Gasteiger partial charge >= 0.3 is 0 Å². The Labute approximate surface area is 165 Å². The van der Waals surface area contributed by atoms with E-state index in [0.29, 0.717) is 22.5 Å². The average Bonchev–Trinajstić information content (AvgIpc) is 3.23. The van der Waals surface area contributed by atoms with Gasteiger partial charge in [-0.1, -0.05) is 6.07 Å².